The summed E-state index contributed by atoms with van der Waals surface area (Å²) in [7, 11) is 0. The maximum atomic E-state index is 13.1. The normalized spacial score (nSPS) is 16.9. The number of amides is 1. The van der Waals surface area contributed by atoms with Crippen molar-refractivity contribution in [2.45, 2.75) is 18.4 Å². The van der Waals surface area contributed by atoms with Crippen molar-refractivity contribution in [1.29, 1.82) is 0 Å². The maximum absolute atomic E-state index is 13.1. The van der Waals surface area contributed by atoms with Crippen LogP contribution >= 0.6 is 0 Å². The highest BCUT2D eigenvalue weighted by molar-refractivity contribution is 5.88. The van der Waals surface area contributed by atoms with Crippen molar-refractivity contribution in [1.82, 2.24) is 4.90 Å². The molecule has 0 saturated carbocycles. The predicted molar refractivity (Wildman–Crippen MR) is 129 cm³/mol. The standard InChI is InChI=1S/C29H23NO4/c31-28-27(16-20-10-7-9-19-8-1-2-11-21(19)20)30(18-34-28)29(32)33-17-26-24-14-5-3-12-22(24)23-13-4-6-15-25(23)26/h1-15,26-27H,16-18H2. The quantitative estimate of drug-likeness (QED) is 0.385. The van der Waals surface area contributed by atoms with Gasteiger partial charge in [0.2, 0.25) is 0 Å². The van der Waals surface area contributed by atoms with E-state index in [1.54, 1.807) is 0 Å². The largest absolute Gasteiger partial charge is 0.448 e. The number of benzene rings is 4. The second-order valence-electron chi connectivity index (χ2n) is 8.72. The zero-order valence-electron chi connectivity index (χ0n) is 18.5. The van der Waals surface area contributed by atoms with E-state index < -0.39 is 18.1 Å². The number of carbonyl (C=O) groups is 2. The summed E-state index contributed by atoms with van der Waals surface area (Å²) < 4.78 is 11.0. The molecule has 168 valence electrons. The summed E-state index contributed by atoms with van der Waals surface area (Å²) in [6, 6.07) is 29.7. The molecule has 5 heteroatoms. The van der Waals surface area contributed by atoms with Crippen molar-refractivity contribution in [2.75, 3.05) is 13.3 Å². The molecular formula is C29H23NO4. The third-order valence-electron chi connectivity index (χ3n) is 6.86. The molecule has 1 amide bonds. The van der Waals surface area contributed by atoms with Crippen LogP contribution in [0, 0.1) is 0 Å². The zero-order valence-corrected chi connectivity index (χ0v) is 18.5. The minimum Gasteiger partial charge on any atom is -0.448 e. The first-order valence-electron chi connectivity index (χ1n) is 11.5. The number of carbonyl (C=O) groups excluding carboxylic acids is 2. The van der Waals surface area contributed by atoms with Crippen LogP contribution in [-0.2, 0) is 20.7 Å². The van der Waals surface area contributed by atoms with E-state index in [0.29, 0.717) is 6.42 Å². The van der Waals surface area contributed by atoms with Crippen LogP contribution in [0.5, 0.6) is 0 Å². The van der Waals surface area contributed by atoms with Gasteiger partial charge in [0.25, 0.3) is 0 Å². The smallest absolute Gasteiger partial charge is 0.413 e. The van der Waals surface area contributed by atoms with E-state index in [2.05, 4.69) is 24.3 Å². The molecule has 0 aromatic heterocycles. The summed E-state index contributed by atoms with van der Waals surface area (Å²) in [5.74, 6) is -0.437. The molecule has 0 N–H and O–H groups in total. The number of fused-ring (bicyclic) bond motifs is 4. The minimum absolute atomic E-state index is 0.0351. The molecule has 1 fully saturated rings. The summed E-state index contributed by atoms with van der Waals surface area (Å²) in [5, 5.41) is 2.16. The van der Waals surface area contributed by atoms with Crippen LogP contribution < -0.4 is 0 Å². The molecule has 4 aromatic carbocycles. The third kappa shape index (κ3) is 3.41. The average molecular weight is 450 g/mol. The molecule has 1 heterocycles. The van der Waals surface area contributed by atoms with E-state index in [4.69, 9.17) is 9.47 Å². The molecule has 1 unspecified atom stereocenters. The lowest BCUT2D eigenvalue weighted by Gasteiger charge is -2.22. The van der Waals surface area contributed by atoms with Crippen LogP contribution in [0.2, 0.25) is 0 Å². The van der Waals surface area contributed by atoms with Crippen molar-refractivity contribution in [3.8, 4) is 11.1 Å². The summed E-state index contributed by atoms with van der Waals surface area (Å²) in [6.07, 6.45) is -0.150. The lowest BCUT2D eigenvalue weighted by Crippen LogP contribution is -2.40. The molecule has 0 bridgehead atoms. The molecule has 34 heavy (non-hydrogen) atoms. The van der Waals surface area contributed by atoms with Gasteiger partial charge in [0, 0.05) is 12.3 Å². The number of esters is 1. The summed E-state index contributed by atoms with van der Waals surface area (Å²) >= 11 is 0. The van der Waals surface area contributed by atoms with Crippen molar-refractivity contribution in [2.24, 2.45) is 0 Å². The SMILES string of the molecule is O=C1OCN(C(=O)OCC2c3ccccc3-c3ccccc32)C1Cc1cccc2ccccc12. The molecule has 1 atom stereocenters. The first-order valence-corrected chi connectivity index (χ1v) is 11.5. The van der Waals surface area contributed by atoms with Gasteiger partial charge < -0.3 is 9.47 Å². The molecule has 2 aliphatic rings. The Balaban J connectivity index is 1.21. The van der Waals surface area contributed by atoms with E-state index in [9.17, 15) is 9.59 Å². The van der Waals surface area contributed by atoms with E-state index in [1.165, 1.54) is 16.0 Å². The zero-order chi connectivity index (χ0) is 23.1. The van der Waals surface area contributed by atoms with Crippen molar-refractivity contribution >= 4 is 22.8 Å². The molecule has 1 saturated heterocycles. The predicted octanol–water partition coefficient (Wildman–Crippen LogP) is 5.52. The second-order valence-corrected chi connectivity index (χ2v) is 8.72. The number of hydrogen-bond acceptors (Lipinski definition) is 4. The number of hydrogen-bond donors (Lipinski definition) is 0. The van der Waals surface area contributed by atoms with Crippen LogP contribution in [0.15, 0.2) is 91.0 Å². The first-order chi connectivity index (χ1) is 16.7. The van der Waals surface area contributed by atoms with Gasteiger partial charge in [-0.25, -0.2) is 9.59 Å². The van der Waals surface area contributed by atoms with Gasteiger partial charge in [-0.05, 0) is 38.6 Å². The highest BCUT2D eigenvalue weighted by Crippen LogP contribution is 2.44. The average Bonchev–Trinajstić information content (AvgIpc) is 3.40. The fraction of sp³-hybridized carbons (Fsp3) is 0.172. The molecule has 6 rings (SSSR count). The highest BCUT2D eigenvalue weighted by atomic mass is 16.6. The van der Waals surface area contributed by atoms with E-state index in [-0.39, 0.29) is 19.3 Å². The van der Waals surface area contributed by atoms with Crippen molar-refractivity contribution in [3.05, 3.63) is 108 Å². The Kier molecular flexibility index (Phi) is 5.02. The number of rotatable bonds is 4. The van der Waals surface area contributed by atoms with Crippen LogP contribution in [0.1, 0.15) is 22.6 Å². The molecular weight excluding hydrogens is 426 g/mol. The highest BCUT2D eigenvalue weighted by Gasteiger charge is 2.39. The van der Waals surface area contributed by atoms with Crippen LogP contribution in [-0.4, -0.2) is 36.3 Å². The molecule has 4 aromatic rings. The molecule has 0 radical (unpaired) electrons. The Labute approximate surface area is 197 Å². The fourth-order valence-electron chi connectivity index (χ4n) is 5.18. The Morgan fingerprint density at radius 2 is 1.50 bits per heavy atom. The summed E-state index contributed by atoms with van der Waals surface area (Å²) in [6.45, 7) is 0.115. The maximum Gasteiger partial charge on any atom is 0.413 e. The number of nitrogens with zero attached hydrogens (tertiary/aromatic N) is 1. The van der Waals surface area contributed by atoms with Gasteiger partial charge in [-0.15, -0.1) is 0 Å². The van der Waals surface area contributed by atoms with Gasteiger partial charge >= 0.3 is 12.1 Å². The topological polar surface area (TPSA) is 55.8 Å². The van der Waals surface area contributed by atoms with Crippen molar-refractivity contribution < 1.29 is 19.1 Å². The van der Waals surface area contributed by atoms with Crippen LogP contribution in [0.25, 0.3) is 21.9 Å². The number of cyclic esters (lactones) is 1. The lowest BCUT2D eigenvalue weighted by molar-refractivity contribution is -0.139. The Morgan fingerprint density at radius 3 is 2.26 bits per heavy atom. The van der Waals surface area contributed by atoms with Gasteiger partial charge in [0.05, 0.1) is 0 Å². The van der Waals surface area contributed by atoms with Crippen LogP contribution in [0.4, 0.5) is 4.79 Å². The minimum atomic E-state index is -0.707. The van der Waals surface area contributed by atoms with Gasteiger partial charge in [0.1, 0.15) is 12.6 Å². The van der Waals surface area contributed by atoms with Gasteiger partial charge in [0.15, 0.2) is 6.73 Å². The fourth-order valence-corrected chi connectivity index (χ4v) is 5.18. The molecule has 1 aliphatic heterocycles. The lowest BCUT2D eigenvalue weighted by atomic mass is 9.98. The Morgan fingerprint density at radius 1 is 0.853 bits per heavy atom. The summed E-state index contributed by atoms with van der Waals surface area (Å²) in [4.78, 5) is 27.1. The molecule has 5 nitrogen and oxygen atoms in total. The van der Waals surface area contributed by atoms with Gasteiger partial charge in [-0.3, -0.25) is 4.90 Å². The van der Waals surface area contributed by atoms with Crippen LogP contribution in [0.3, 0.4) is 0 Å². The van der Waals surface area contributed by atoms with E-state index in [0.717, 1.165) is 27.5 Å². The monoisotopic (exact) mass is 449 g/mol. The van der Waals surface area contributed by atoms with Gasteiger partial charge in [-0.2, -0.15) is 0 Å². The molecule has 1 aliphatic carbocycles. The van der Waals surface area contributed by atoms with Gasteiger partial charge in [-0.1, -0.05) is 91.0 Å². The summed E-state index contributed by atoms with van der Waals surface area (Å²) in [5.41, 5.74) is 5.65. The Hall–Kier alpha value is -4.12. The van der Waals surface area contributed by atoms with E-state index in [1.807, 2.05) is 66.7 Å². The first kappa shape index (κ1) is 20.5. The molecule has 0 spiro atoms. The van der Waals surface area contributed by atoms with E-state index >= 15 is 0 Å². The third-order valence-corrected chi connectivity index (χ3v) is 6.86. The second kappa shape index (κ2) is 8.34. The number of ether oxygens (including phenoxy) is 2. The Bertz CT molecular complexity index is 1360. The van der Waals surface area contributed by atoms with Crippen molar-refractivity contribution in [3.63, 3.8) is 0 Å².